The average Bonchev–Trinajstić information content (AvgIpc) is 2.45. The first kappa shape index (κ1) is 17.2. The molecule has 5 heteroatoms. The molecule has 0 saturated heterocycles. The highest BCUT2D eigenvalue weighted by atomic mass is 32.2. The number of hydrogen-bond donors (Lipinski definition) is 2. The summed E-state index contributed by atoms with van der Waals surface area (Å²) in [5.41, 5.74) is 11.4. The van der Waals surface area contributed by atoms with E-state index < -0.39 is 10.8 Å². The summed E-state index contributed by atoms with van der Waals surface area (Å²) in [6.45, 7) is 4.62. The molecule has 1 unspecified atom stereocenters. The SMILES string of the molecule is Cc1cc(C)cc(NC(N)=NCc2ccc(CS(C)=O)cc2)c1. The Morgan fingerprint density at radius 2 is 1.65 bits per heavy atom. The Labute approximate surface area is 140 Å². The summed E-state index contributed by atoms with van der Waals surface area (Å²) in [4.78, 5) is 4.36. The van der Waals surface area contributed by atoms with Crippen LogP contribution in [0.4, 0.5) is 5.69 Å². The van der Waals surface area contributed by atoms with Crippen LogP contribution in [0.3, 0.4) is 0 Å². The maximum Gasteiger partial charge on any atom is 0.193 e. The van der Waals surface area contributed by atoms with Crippen LogP contribution < -0.4 is 11.1 Å². The largest absolute Gasteiger partial charge is 0.370 e. The molecule has 0 heterocycles. The molecular weight excluding hydrogens is 306 g/mol. The third-order valence-electron chi connectivity index (χ3n) is 3.32. The smallest absolute Gasteiger partial charge is 0.193 e. The molecule has 122 valence electrons. The molecular formula is C18H23N3OS. The van der Waals surface area contributed by atoms with Crippen molar-refractivity contribution in [3.05, 3.63) is 64.7 Å². The number of guanidine groups is 1. The van der Waals surface area contributed by atoms with Gasteiger partial charge in [0.1, 0.15) is 0 Å². The summed E-state index contributed by atoms with van der Waals surface area (Å²) in [6, 6.07) is 14.2. The normalized spacial score (nSPS) is 12.9. The van der Waals surface area contributed by atoms with Crippen molar-refractivity contribution >= 4 is 22.4 Å². The minimum Gasteiger partial charge on any atom is -0.370 e. The minimum atomic E-state index is -0.818. The van der Waals surface area contributed by atoms with Gasteiger partial charge in [-0.05, 0) is 48.2 Å². The van der Waals surface area contributed by atoms with Gasteiger partial charge in [0, 0.05) is 28.5 Å². The molecule has 2 rings (SSSR count). The fourth-order valence-electron chi connectivity index (χ4n) is 2.39. The lowest BCUT2D eigenvalue weighted by atomic mass is 10.1. The van der Waals surface area contributed by atoms with Crippen molar-refractivity contribution in [2.45, 2.75) is 26.1 Å². The Bertz CT molecular complexity index is 703. The topological polar surface area (TPSA) is 67.5 Å². The van der Waals surface area contributed by atoms with Crippen LogP contribution in [0.15, 0.2) is 47.5 Å². The van der Waals surface area contributed by atoms with Gasteiger partial charge < -0.3 is 11.1 Å². The number of rotatable bonds is 5. The van der Waals surface area contributed by atoms with Crippen molar-refractivity contribution in [3.63, 3.8) is 0 Å². The van der Waals surface area contributed by atoms with Crippen molar-refractivity contribution in [2.24, 2.45) is 10.7 Å². The number of anilines is 1. The Hall–Kier alpha value is -2.14. The van der Waals surface area contributed by atoms with Crippen LogP contribution in [0.25, 0.3) is 0 Å². The Morgan fingerprint density at radius 3 is 2.22 bits per heavy atom. The van der Waals surface area contributed by atoms with Gasteiger partial charge in [-0.25, -0.2) is 4.99 Å². The third kappa shape index (κ3) is 5.87. The van der Waals surface area contributed by atoms with Gasteiger partial charge in [-0.1, -0.05) is 30.3 Å². The predicted octanol–water partition coefficient (Wildman–Crippen LogP) is 3.11. The number of hydrogen-bond acceptors (Lipinski definition) is 2. The molecule has 0 saturated carbocycles. The molecule has 0 aliphatic carbocycles. The molecule has 2 aromatic carbocycles. The second-order valence-electron chi connectivity index (χ2n) is 5.74. The quantitative estimate of drug-likeness (QED) is 0.654. The maximum atomic E-state index is 11.2. The summed E-state index contributed by atoms with van der Waals surface area (Å²) in [5.74, 6) is 0.980. The van der Waals surface area contributed by atoms with Crippen LogP contribution >= 0.6 is 0 Å². The molecule has 0 aliphatic rings. The van der Waals surface area contributed by atoms with Crippen LogP contribution in [0, 0.1) is 13.8 Å². The van der Waals surface area contributed by atoms with Gasteiger partial charge in [-0.3, -0.25) is 4.21 Å². The molecule has 0 aliphatic heterocycles. The summed E-state index contributed by atoms with van der Waals surface area (Å²) in [5, 5.41) is 3.12. The monoisotopic (exact) mass is 329 g/mol. The zero-order valence-electron chi connectivity index (χ0n) is 13.8. The lowest BCUT2D eigenvalue weighted by Gasteiger charge is -2.08. The van der Waals surface area contributed by atoms with E-state index in [4.69, 9.17) is 5.73 Å². The number of nitrogens with two attached hydrogens (primary N) is 1. The van der Waals surface area contributed by atoms with E-state index in [0.29, 0.717) is 18.3 Å². The van der Waals surface area contributed by atoms with Gasteiger partial charge in [-0.2, -0.15) is 0 Å². The van der Waals surface area contributed by atoms with Gasteiger partial charge in [0.05, 0.1) is 6.54 Å². The standard InChI is InChI=1S/C18H23N3OS/c1-13-8-14(2)10-17(9-13)21-18(19)20-11-15-4-6-16(7-5-15)12-23(3)22/h4-10H,11-12H2,1-3H3,(H3,19,20,21). The zero-order chi connectivity index (χ0) is 16.8. The van der Waals surface area contributed by atoms with Crippen LogP contribution in [0.2, 0.25) is 0 Å². The lowest BCUT2D eigenvalue weighted by molar-refractivity contribution is 0.686. The number of aryl methyl sites for hydroxylation is 2. The summed E-state index contributed by atoms with van der Waals surface area (Å²) < 4.78 is 11.2. The molecule has 0 bridgehead atoms. The molecule has 2 aromatic rings. The van der Waals surface area contributed by atoms with Crippen LogP contribution in [-0.2, 0) is 23.1 Å². The molecule has 3 N–H and O–H groups in total. The summed E-state index contributed by atoms with van der Waals surface area (Å²) in [6.07, 6.45) is 1.71. The van der Waals surface area contributed by atoms with Crippen molar-refractivity contribution in [1.29, 1.82) is 0 Å². The Morgan fingerprint density at radius 1 is 1.09 bits per heavy atom. The maximum absolute atomic E-state index is 11.2. The van der Waals surface area contributed by atoms with E-state index in [-0.39, 0.29) is 0 Å². The zero-order valence-corrected chi connectivity index (χ0v) is 14.6. The molecule has 0 aromatic heterocycles. The van der Waals surface area contributed by atoms with E-state index in [0.717, 1.165) is 16.8 Å². The molecule has 1 atom stereocenters. The highest BCUT2D eigenvalue weighted by Gasteiger charge is 1.99. The van der Waals surface area contributed by atoms with Crippen molar-refractivity contribution in [1.82, 2.24) is 0 Å². The Balaban J connectivity index is 1.97. The van der Waals surface area contributed by atoms with Gasteiger partial charge >= 0.3 is 0 Å². The van der Waals surface area contributed by atoms with Crippen LogP contribution in [0.5, 0.6) is 0 Å². The second kappa shape index (κ2) is 7.92. The van der Waals surface area contributed by atoms with Crippen LogP contribution in [0.1, 0.15) is 22.3 Å². The molecule has 23 heavy (non-hydrogen) atoms. The van der Waals surface area contributed by atoms with Gasteiger partial charge in [0.2, 0.25) is 0 Å². The minimum absolute atomic E-state index is 0.397. The molecule has 0 amide bonds. The van der Waals surface area contributed by atoms with E-state index >= 15 is 0 Å². The first-order valence-corrected chi connectivity index (χ1v) is 9.18. The summed E-state index contributed by atoms with van der Waals surface area (Å²) >= 11 is 0. The average molecular weight is 329 g/mol. The van der Waals surface area contributed by atoms with Gasteiger partial charge in [-0.15, -0.1) is 0 Å². The highest BCUT2D eigenvalue weighted by Crippen LogP contribution is 2.13. The third-order valence-corrected chi connectivity index (χ3v) is 4.06. The second-order valence-corrected chi connectivity index (χ2v) is 7.17. The molecule has 0 spiro atoms. The Kier molecular flexibility index (Phi) is 5.93. The van der Waals surface area contributed by atoms with Crippen molar-refractivity contribution in [2.75, 3.05) is 11.6 Å². The fourth-order valence-corrected chi connectivity index (χ4v) is 3.05. The van der Waals surface area contributed by atoms with E-state index in [1.165, 1.54) is 11.1 Å². The summed E-state index contributed by atoms with van der Waals surface area (Å²) in [7, 11) is -0.818. The van der Waals surface area contributed by atoms with Crippen molar-refractivity contribution in [3.8, 4) is 0 Å². The predicted molar refractivity (Wildman–Crippen MR) is 99.1 cm³/mol. The molecule has 0 fully saturated rings. The number of aliphatic imine (C=N–C) groups is 1. The van der Waals surface area contributed by atoms with Gasteiger partial charge in [0.15, 0.2) is 5.96 Å². The fraction of sp³-hybridized carbons (Fsp3) is 0.278. The van der Waals surface area contributed by atoms with E-state index in [2.05, 4.69) is 30.2 Å². The van der Waals surface area contributed by atoms with E-state index in [1.807, 2.05) is 36.4 Å². The van der Waals surface area contributed by atoms with Gasteiger partial charge in [0.25, 0.3) is 0 Å². The first-order valence-electron chi connectivity index (χ1n) is 7.45. The number of benzene rings is 2. The lowest BCUT2D eigenvalue weighted by Crippen LogP contribution is -2.22. The number of nitrogens with one attached hydrogen (secondary N) is 1. The highest BCUT2D eigenvalue weighted by molar-refractivity contribution is 7.83. The first-order chi connectivity index (χ1) is 10.9. The molecule has 4 nitrogen and oxygen atoms in total. The number of nitrogens with zero attached hydrogens (tertiary/aromatic N) is 1. The van der Waals surface area contributed by atoms with Crippen LogP contribution in [-0.4, -0.2) is 16.4 Å². The molecule has 0 radical (unpaired) electrons. The van der Waals surface area contributed by atoms with Crippen molar-refractivity contribution < 1.29 is 4.21 Å². The van der Waals surface area contributed by atoms with E-state index in [9.17, 15) is 4.21 Å². The van der Waals surface area contributed by atoms with E-state index in [1.54, 1.807) is 6.26 Å².